The van der Waals surface area contributed by atoms with E-state index in [2.05, 4.69) is 4.72 Å². The molecule has 8 nitrogen and oxygen atoms in total. The summed E-state index contributed by atoms with van der Waals surface area (Å²) in [5.74, 6) is -0.455. The van der Waals surface area contributed by atoms with Gasteiger partial charge in [0.1, 0.15) is 5.75 Å². The lowest BCUT2D eigenvalue weighted by atomic mass is 10.1. The number of methoxy groups -OCH3 is 1. The average molecular weight is 461 g/mol. The number of benzene rings is 2. The first-order valence-electron chi connectivity index (χ1n) is 10.6. The third-order valence-electron chi connectivity index (χ3n) is 5.43. The van der Waals surface area contributed by atoms with E-state index in [-0.39, 0.29) is 34.2 Å². The predicted octanol–water partition coefficient (Wildman–Crippen LogP) is 3.61. The second-order valence-corrected chi connectivity index (χ2v) is 9.20. The number of likely N-dealkylation sites (tertiary alicyclic amines) is 1. The van der Waals surface area contributed by atoms with Crippen molar-refractivity contribution < 1.29 is 27.5 Å². The topological polar surface area (TPSA) is 102 Å². The van der Waals surface area contributed by atoms with Crippen molar-refractivity contribution in [2.24, 2.45) is 0 Å². The fraction of sp³-hybridized carbons (Fsp3) is 0.391. The highest BCUT2D eigenvalue weighted by Gasteiger charge is 2.25. The van der Waals surface area contributed by atoms with Gasteiger partial charge < -0.3 is 14.4 Å². The van der Waals surface area contributed by atoms with Gasteiger partial charge in [-0.25, -0.2) is 13.2 Å². The van der Waals surface area contributed by atoms with Crippen molar-refractivity contribution in [2.75, 3.05) is 31.5 Å². The third-order valence-corrected chi connectivity index (χ3v) is 6.79. The van der Waals surface area contributed by atoms with Crippen LogP contribution in [0.4, 0.5) is 5.69 Å². The lowest BCUT2D eigenvalue weighted by Crippen LogP contribution is -2.35. The number of esters is 1. The van der Waals surface area contributed by atoms with Crippen molar-refractivity contribution in [2.45, 2.75) is 38.0 Å². The number of sulfonamides is 1. The largest absolute Gasteiger partial charge is 0.496 e. The van der Waals surface area contributed by atoms with Gasteiger partial charge in [-0.1, -0.05) is 6.07 Å². The van der Waals surface area contributed by atoms with Gasteiger partial charge in [0, 0.05) is 13.1 Å². The van der Waals surface area contributed by atoms with Crippen LogP contribution in [0.1, 0.15) is 52.5 Å². The zero-order valence-electron chi connectivity index (χ0n) is 18.5. The number of hydrogen-bond acceptors (Lipinski definition) is 6. The summed E-state index contributed by atoms with van der Waals surface area (Å²) in [5.41, 5.74) is 1.19. The third kappa shape index (κ3) is 5.04. The standard InChI is InChI=1S/C23H28N2O6S/c1-4-31-23(27)18-9-8-10-20(16(18)2)24-32(28,29)17-11-12-21(30-3)19(15-17)22(26)25-13-6-5-7-14-25/h8-12,15,24H,4-7,13-14H2,1-3H3. The Morgan fingerprint density at radius 3 is 2.44 bits per heavy atom. The molecule has 3 rings (SSSR count). The Balaban J connectivity index is 1.93. The molecule has 0 saturated carbocycles. The van der Waals surface area contributed by atoms with Gasteiger partial charge >= 0.3 is 5.97 Å². The van der Waals surface area contributed by atoms with Gasteiger partial charge in [-0.15, -0.1) is 0 Å². The molecule has 0 unspecified atom stereocenters. The Bertz CT molecular complexity index is 1110. The zero-order chi connectivity index (χ0) is 23.3. The Hall–Kier alpha value is -3.07. The number of anilines is 1. The van der Waals surface area contributed by atoms with E-state index in [9.17, 15) is 18.0 Å². The molecule has 1 heterocycles. The molecule has 0 spiro atoms. The molecule has 0 atom stereocenters. The molecule has 1 aliphatic rings. The Kier molecular flexibility index (Phi) is 7.40. The van der Waals surface area contributed by atoms with E-state index >= 15 is 0 Å². The molecule has 0 aliphatic carbocycles. The Morgan fingerprint density at radius 1 is 1.06 bits per heavy atom. The highest BCUT2D eigenvalue weighted by Crippen LogP contribution is 2.28. The molecule has 1 fully saturated rings. The number of ether oxygens (including phenoxy) is 2. The first-order chi connectivity index (χ1) is 15.3. The summed E-state index contributed by atoms with van der Waals surface area (Å²) in [6.07, 6.45) is 2.91. The monoisotopic (exact) mass is 460 g/mol. The van der Waals surface area contributed by atoms with E-state index in [1.807, 2.05) is 0 Å². The van der Waals surface area contributed by atoms with Crippen molar-refractivity contribution in [3.8, 4) is 5.75 Å². The SMILES string of the molecule is CCOC(=O)c1cccc(NS(=O)(=O)c2ccc(OC)c(C(=O)N3CCCCC3)c2)c1C. The van der Waals surface area contributed by atoms with E-state index < -0.39 is 16.0 Å². The first-order valence-corrected chi connectivity index (χ1v) is 12.0. The fourth-order valence-electron chi connectivity index (χ4n) is 3.67. The number of hydrogen-bond donors (Lipinski definition) is 1. The molecule has 1 N–H and O–H groups in total. The molecule has 2 aromatic rings. The summed E-state index contributed by atoms with van der Waals surface area (Å²) in [5, 5.41) is 0. The van der Waals surface area contributed by atoms with Gasteiger partial charge in [0.2, 0.25) is 0 Å². The molecule has 32 heavy (non-hydrogen) atoms. The molecular weight excluding hydrogens is 432 g/mol. The van der Waals surface area contributed by atoms with Gasteiger partial charge in [0.05, 0.1) is 35.4 Å². The van der Waals surface area contributed by atoms with Crippen LogP contribution in [0.5, 0.6) is 5.75 Å². The highest BCUT2D eigenvalue weighted by molar-refractivity contribution is 7.92. The van der Waals surface area contributed by atoms with Crippen molar-refractivity contribution in [1.29, 1.82) is 0 Å². The van der Waals surface area contributed by atoms with Crippen LogP contribution >= 0.6 is 0 Å². The van der Waals surface area contributed by atoms with Gasteiger partial charge in [-0.2, -0.15) is 0 Å². The average Bonchev–Trinajstić information content (AvgIpc) is 2.80. The first kappa shape index (κ1) is 23.6. The highest BCUT2D eigenvalue weighted by atomic mass is 32.2. The maximum Gasteiger partial charge on any atom is 0.338 e. The molecule has 1 saturated heterocycles. The second-order valence-electron chi connectivity index (χ2n) is 7.52. The summed E-state index contributed by atoms with van der Waals surface area (Å²) < 4.78 is 39.1. The summed E-state index contributed by atoms with van der Waals surface area (Å²) in [7, 11) is -2.59. The second kappa shape index (κ2) is 10.0. The van der Waals surface area contributed by atoms with E-state index in [1.54, 1.807) is 36.9 Å². The molecule has 1 aliphatic heterocycles. The number of carbonyl (C=O) groups is 2. The zero-order valence-corrected chi connectivity index (χ0v) is 19.3. The molecule has 0 aromatic heterocycles. The lowest BCUT2D eigenvalue weighted by Gasteiger charge is -2.27. The molecule has 172 valence electrons. The van der Waals surface area contributed by atoms with Crippen LogP contribution in [0.15, 0.2) is 41.3 Å². The van der Waals surface area contributed by atoms with E-state index in [1.165, 1.54) is 25.3 Å². The van der Waals surface area contributed by atoms with Crippen LogP contribution in [0.2, 0.25) is 0 Å². The van der Waals surface area contributed by atoms with Crippen LogP contribution in [0, 0.1) is 6.92 Å². The summed E-state index contributed by atoms with van der Waals surface area (Å²) in [6.45, 7) is 4.83. The molecule has 0 radical (unpaired) electrons. The van der Waals surface area contributed by atoms with Gasteiger partial charge in [0.25, 0.3) is 15.9 Å². The normalized spacial score (nSPS) is 14.0. The molecule has 0 bridgehead atoms. The van der Waals surface area contributed by atoms with Crippen LogP contribution in [-0.4, -0.2) is 52.0 Å². The van der Waals surface area contributed by atoms with Gasteiger partial charge in [-0.05, 0) is 69.0 Å². The van der Waals surface area contributed by atoms with E-state index in [0.29, 0.717) is 24.4 Å². The van der Waals surface area contributed by atoms with E-state index in [0.717, 1.165) is 19.3 Å². The quantitative estimate of drug-likeness (QED) is 0.634. The molecular formula is C23H28N2O6S. The maximum atomic E-state index is 13.1. The number of piperidine rings is 1. The summed E-state index contributed by atoms with van der Waals surface area (Å²) in [4.78, 5) is 26.8. The number of amides is 1. The number of carbonyl (C=O) groups excluding carboxylic acids is 2. The van der Waals surface area contributed by atoms with Crippen molar-refractivity contribution in [1.82, 2.24) is 4.90 Å². The molecule has 1 amide bonds. The van der Waals surface area contributed by atoms with Gasteiger partial charge in [-0.3, -0.25) is 9.52 Å². The number of nitrogens with zero attached hydrogens (tertiary/aromatic N) is 1. The van der Waals surface area contributed by atoms with Crippen molar-refractivity contribution >= 4 is 27.6 Å². The van der Waals surface area contributed by atoms with Gasteiger partial charge in [0.15, 0.2) is 0 Å². The Labute approximate surface area is 188 Å². The predicted molar refractivity (Wildman–Crippen MR) is 121 cm³/mol. The summed E-state index contributed by atoms with van der Waals surface area (Å²) >= 11 is 0. The van der Waals surface area contributed by atoms with E-state index in [4.69, 9.17) is 9.47 Å². The summed E-state index contributed by atoms with van der Waals surface area (Å²) in [6, 6.07) is 8.93. The fourth-order valence-corrected chi connectivity index (χ4v) is 4.82. The maximum absolute atomic E-state index is 13.1. The number of nitrogens with one attached hydrogen (secondary N) is 1. The van der Waals surface area contributed by atoms with Crippen LogP contribution in [-0.2, 0) is 14.8 Å². The minimum absolute atomic E-state index is 0.0698. The lowest BCUT2D eigenvalue weighted by molar-refractivity contribution is 0.0525. The van der Waals surface area contributed by atoms with Crippen LogP contribution in [0.25, 0.3) is 0 Å². The molecule has 2 aromatic carbocycles. The van der Waals surface area contributed by atoms with Crippen molar-refractivity contribution in [3.05, 3.63) is 53.1 Å². The minimum Gasteiger partial charge on any atom is -0.496 e. The Morgan fingerprint density at radius 2 is 1.78 bits per heavy atom. The molecule has 9 heteroatoms. The van der Waals surface area contributed by atoms with Crippen LogP contribution < -0.4 is 9.46 Å². The number of rotatable bonds is 7. The smallest absolute Gasteiger partial charge is 0.338 e. The minimum atomic E-state index is -4.03. The van der Waals surface area contributed by atoms with Crippen molar-refractivity contribution in [3.63, 3.8) is 0 Å². The van der Waals surface area contributed by atoms with Crippen LogP contribution in [0.3, 0.4) is 0 Å².